The largest absolute Gasteiger partial charge is 0.307 e. The van der Waals surface area contributed by atoms with Gasteiger partial charge in [-0.1, -0.05) is 35.9 Å². The molecule has 0 N–H and O–H groups in total. The van der Waals surface area contributed by atoms with Crippen molar-refractivity contribution in [3.63, 3.8) is 0 Å². The number of rotatable bonds is 4. The highest BCUT2D eigenvalue weighted by Crippen LogP contribution is 2.23. The van der Waals surface area contributed by atoms with Gasteiger partial charge >= 0.3 is 0 Å². The molecular weight excluding hydrogens is 284 g/mol. The van der Waals surface area contributed by atoms with Gasteiger partial charge in [0.2, 0.25) is 0 Å². The van der Waals surface area contributed by atoms with E-state index >= 15 is 0 Å². The summed E-state index contributed by atoms with van der Waals surface area (Å²) in [7, 11) is 0. The normalized spacial score (nSPS) is 9.95. The molecule has 4 heteroatoms. The molecule has 3 nitrogen and oxygen atoms in total. The zero-order valence-corrected chi connectivity index (χ0v) is 12.5. The summed E-state index contributed by atoms with van der Waals surface area (Å²) in [6.45, 7) is 2.17. The summed E-state index contributed by atoms with van der Waals surface area (Å²) in [6, 6.07) is 16.7. The second-order valence-corrected chi connectivity index (χ2v) is 5.02. The highest BCUT2D eigenvalue weighted by atomic mass is 35.5. The lowest BCUT2D eigenvalue weighted by atomic mass is 10.1. The number of hydrogen-bond acceptors (Lipinski definition) is 2. The Balaban J connectivity index is 2.39. The quantitative estimate of drug-likeness (QED) is 0.848. The third-order valence-corrected chi connectivity index (χ3v) is 3.67. The van der Waals surface area contributed by atoms with Crippen molar-refractivity contribution in [1.82, 2.24) is 0 Å². The van der Waals surface area contributed by atoms with E-state index in [0.29, 0.717) is 17.1 Å². The second kappa shape index (κ2) is 6.92. The van der Waals surface area contributed by atoms with Crippen LogP contribution in [-0.4, -0.2) is 12.5 Å². The van der Waals surface area contributed by atoms with Crippen molar-refractivity contribution in [3.8, 4) is 6.07 Å². The van der Waals surface area contributed by atoms with E-state index in [0.717, 1.165) is 11.3 Å². The van der Waals surface area contributed by atoms with Gasteiger partial charge < -0.3 is 4.90 Å². The van der Waals surface area contributed by atoms with E-state index in [2.05, 4.69) is 6.07 Å². The number of hydrogen-bond donors (Lipinski definition) is 0. The van der Waals surface area contributed by atoms with E-state index in [9.17, 15) is 4.79 Å². The van der Waals surface area contributed by atoms with Crippen LogP contribution in [0.5, 0.6) is 0 Å². The summed E-state index contributed by atoms with van der Waals surface area (Å²) in [6.07, 6.45) is 0.278. The number of anilines is 1. The zero-order valence-electron chi connectivity index (χ0n) is 11.7. The molecule has 0 unspecified atom stereocenters. The number of carbonyl (C=O) groups excluding carboxylic acids is 1. The highest BCUT2D eigenvalue weighted by Gasteiger charge is 2.19. The van der Waals surface area contributed by atoms with Crippen LogP contribution in [0, 0.1) is 18.3 Å². The average molecular weight is 299 g/mol. The highest BCUT2D eigenvalue weighted by molar-refractivity contribution is 6.32. The van der Waals surface area contributed by atoms with Gasteiger partial charge in [0.1, 0.15) is 0 Å². The summed E-state index contributed by atoms with van der Waals surface area (Å²) < 4.78 is 0. The number of halogens is 1. The Bertz CT molecular complexity index is 677. The van der Waals surface area contributed by atoms with Crippen LogP contribution in [-0.2, 0) is 0 Å². The van der Waals surface area contributed by atoms with E-state index < -0.39 is 0 Å². The van der Waals surface area contributed by atoms with Gasteiger partial charge in [0.25, 0.3) is 5.91 Å². The standard InChI is InChI=1S/C17H15ClN2O/c1-13-15(9-5-10-16(13)18)17(21)20(12-6-11-19)14-7-3-2-4-8-14/h2-5,7-10H,6,12H2,1H3. The van der Waals surface area contributed by atoms with Gasteiger partial charge in [-0.2, -0.15) is 5.26 Å². The number of para-hydroxylation sites is 1. The first-order valence-corrected chi connectivity index (χ1v) is 7.02. The van der Waals surface area contributed by atoms with E-state index in [-0.39, 0.29) is 12.3 Å². The van der Waals surface area contributed by atoms with Crippen LogP contribution in [0.2, 0.25) is 5.02 Å². The molecule has 0 aromatic heterocycles. The molecule has 0 fully saturated rings. The lowest BCUT2D eigenvalue weighted by molar-refractivity contribution is 0.0987. The Morgan fingerprint density at radius 2 is 1.90 bits per heavy atom. The zero-order chi connectivity index (χ0) is 15.2. The molecule has 2 aromatic rings. The fourth-order valence-electron chi connectivity index (χ4n) is 2.10. The third-order valence-electron chi connectivity index (χ3n) is 3.26. The van der Waals surface area contributed by atoms with Crippen LogP contribution >= 0.6 is 11.6 Å². The molecule has 0 aliphatic rings. The van der Waals surface area contributed by atoms with Crippen molar-refractivity contribution in [1.29, 1.82) is 5.26 Å². The first-order chi connectivity index (χ1) is 10.1. The van der Waals surface area contributed by atoms with Crippen LogP contribution in [0.3, 0.4) is 0 Å². The molecule has 0 heterocycles. The van der Waals surface area contributed by atoms with Crippen molar-refractivity contribution < 1.29 is 4.79 Å². The molecular formula is C17H15ClN2O. The predicted molar refractivity (Wildman–Crippen MR) is 84.5 cm³/mol. The summed E-state index contributed by atoms with van der Waals surface area (Å²) in [5, 5.41) is 9.37. The van der Waals surface area contributed by atoms with Crippen molar-refractivity contribution in [2.45, 2.75) is 13.3 Å². The predicted octanol–water partition coefficient (Wildman–Crippen LogP) is 4.21. The monoisotopic (exact) mass is 298 g/mol. The van der Waals surface area contributed by atoms with Gasteiger partial charge in [0, 0.05) is 22.8 Å². The molecule has 0 aliphatic heterocycles. The molecule has 0 radical (unpaired) electrons. The van der Waals surface area contributed by atoms with Crippen LogP contribution in [0.4, 0.5) is 5.69 Å². The van der Waals surface area contributed by atoms with Gasteiger partial charge in [0.05, 0.1) is 12.5 Å². The summed E-state index contributed by atoms with van der Waals surface area (Å²) in [5.41, 5.74) is 2.09. The molecule has 1 amide bonds. The van der Waals surface area contributed by atoms with Crippen LogP contribution < -0.4 is 4.90 Å². The number of nitrogens with zero attached hydrogens (tertiary/aromatic N) is 2. The Morgan fingerprint density at radius 1 is 1.19 bits per heavy atom. The minimum absolute atomic E-state index is 0.142. The summed E-state index contributed by atoms with van der Waals surface area (Å²) in [4.78, 5) is 14.4. The number of nitriles is 1. The van der Waals surface area contributed by atoms with Gasteiger partial charge in [-0.05, 0) is 36.8 Å². The molecule has 0 aliphatic carbocycles. The van der Waals surface area contributed by atoms with E-state index in [4.69, 9.17) is 16.9 Å². The van der Waals surface area contributed by atoms with Gasteiger partial charge in [0.15, 0.2) is 0 Å². The fourth-order valence-corrected chi connectivity index (χ4v) is 2.28. The molecule has 0 spiro atoms. The first-order valence-electron chi connectivity index (χ1n) is 6.64. The molecule has 0 bridgehead atoms. The topological polar surface area (TPSA) is 44.1 Å². The minimum atomic E-state index is -0.142. The van der Waals surface area contributed by atoms with Crippen molar-refractivity contribution in [2.75, 3.05) is 11.4 Å². The van der Waals surface area contributed by atoms with Crippen LogP contribution in [0.25, 0.3) is 0 Å². The summed E-state index contributed by atoms with van der Waals surface area (Å²) >= 11 is 6.09. The number of benzene rings is 2. The Kier molecular flexibility index (Phi) is 4.97. The fraction of sp³-hybridized carbons (Fsp3) is 0.176. The number of amides is 1. The number of carbonyl (C=O) groups is 1. The van der Waals surface area contributed by atoms with Crippen LogP contribution in [0.15, 0.2) is 48.5 Å². The Labute approximate surface area is 129 Å². The Morgan fingerprint density at radius 3 is 2.57 bits per heavy atom. The Hall–Kier alpha value is -2.31. The maximum Gasteiger partial charge on any atom is 0.258 e. The molecule has 0 saturated carbocycles. The van der Waals surface area contributed by atoms with Gasteiger partial charge in [-0.25, -0.2) is 0 Å². The maximum atomic E-state index is 12.8. The van der Waals surface area contributed by atoms with Crippen molar-refractivity contribution in [3.05, 3.63) is 64.7 Å². The SMILES string of the molecule is Cc1c(Cl)cccc1C(=O)N(CCC#N)c1ccccc1. The second-order valence-electron chi connectivity index (χ2n) is 4.61. The third kappa shape index (κ3) is 3.42. The lowest BCUT2D eigenvalue weighted by Gasteiger charge is -2.23. The molecule has 2 aromatic carbocycles. The van der Waals surface area contributed by atoms with Crippen molar-refractivity contribution in [2.24, 2.45) is 0 Å². The molecule has 2 rings (SSSR count). The minimum Gasteiger partial charge on any atom is -0.307 e. The van der Waals surface area contributed by atoms with Crippen LogP contribution in [0.1, 0.15) is 22.3 Å². The lowest BCUT2D eigenvalue weighted by Crippen LogP contribution is -2.32. The van der Waals surface area contributed by atoms with E-state index in [1.807, 2.05) is 37.3 Å². The average Bonchev–Trinajstić information content (AvgIpc) is 2.51. The first kappa shape index (κ1) is 15.1. The maximum absolute atomic E-state index is 12.8. The van der Waals surface area contributed by atoms with E-state index in [1.165, 1.54) is 0 Å². The molecule has 21 heavy (non-hydrogen) atoms. The molecule has 0 atom stereocenters. The smallest absolute Gasteiger partial charge is 0.258 e. The summed E-state index contributed by atoms with van der Waals surface area (Å²) in [5.74, 6) is -0.142. The van der Waals surface area contributed by atoms with Gasteiger partial charge in [-0.15, -0.1) is 0 Å². The van der Waals surface area contributed by atoms with Gasteiger partial charge in [-0.3, -0.25) is 4.79 Å². The van der Waals surface area contributed by atoms with Crippen molar-refractivity contribution >= 4 is 23.2 Å². The molecule has 106 valence electrons. The van der Waals surface area contributed by atoms with E-state index in [1.54, 1.807) is 23.1 Å². The molecule has 0 saturated heterocycles.